The van der Waals surface area contributed by atoms with Crippen molar-refractivity contribution in [3.63, 3.8) is 0 Å². The van der Waals surface area contributed by atoms with E-state index in [2.05, 4.69) is 15.4 Å². The zero-order valence-corrected chi connectivity index (χ0v) is 10.8. The van der Waals surface area contributed by atoms with Crippen molar-refractivity contribution in [3.05, 3.63) is 18.2 Å². The van der Waals surface area contributed by atoms with E-state index >= 15 is 0 Å². The van der Waals surface area contributed by atoms with E-state index in [-0.39, 0.29) is 13.3 Å². The van der Waals surface area contributed by atoms with Crippen LogP contribution in [0.1, 0.15) is 6.92 Å². The molecule has 1 aliphatic rings. The first-order valence-corrected chi connectivity index (χ1v) is 6.09. The molecule has 0 aliphatic carbocycles. The first-order valence-electron chi connectivity index (χ1n) is 6.09. The smallest absolute Gasteiger partial charge is 0.329 e. The zero-order chi connectivity index (χ0) is 13.9. The summed E-state index contributed by atoms with van der Waals surface area (Å²) in [6, 6.07) is 5.36. The molecule has 0 spiro atoms. The molecule has 8 nitrogen and oxygen atoms in total. The molecular weight excluding hydrogens is 264 g/mol. The normalized spacial score (nSPS) is 12.4. The minimum atomic E-state index is -0.401. The molecule has 0 fully saturated rings. The van der Waals surface area contributed by atoms with E-state index in [1.165, 1.54) is 4.80 Å². The fourth-order valence-corrected chi connectivity index (χ4v) is 1.78. The summed E-state index contributed by atoms with van der Waals surface area (Å²) in [5, 5.41) is 11.8. The van der Waals surface area contributed by atoms with E-state index in [9.17, 15) is 4.79 Å². The molecule has 0 radical (unpaired) electrons. The van der Waals surface area contributed by atoms with E-state index < -0.39 is 5.97 Å². The molecule has 2 aromatic rings. The van der Waals surface area contributed by atoms with Gasteiger partial charge >= 0.3 is 5.97 Å². The highest BCUT2D eigenvalue weighted by Crippen LogP contribution is 2.34. The van der Waals surface area contributed by atoms with Gasteiger partial charge in [0.1, 0.15) is 0 Å². The van der Waals surface area contributed by atoms with Crippen molar-refractivity contribution in [2.75, 3.05) is 13.4 Å². The van der Waals surface area contributed by atoms with Crippen molar-refractivity contribution in [2.45, 2.75) is 13.5 Å². The van der Waals surface area contributed by atoms with Crippen LogP contribution in [0, 0.1) is 0 Å². The molecule has 2 heterocycles. The second-order valence-electron chi connectivity index (χ2n) is 4.02. The van der Waals surface area contributed by atoms with E-state index in [0.717, 1.165) is 5.56 Å². The molecule has 0 N–H and O–H groups in total. The second-order valence-corrected chi connectivity index (χ2v) is 4.02. The monoisotopic (exact) mass is 276 g/mol. The molecule has 104 valence electrons. The third-order valence-electron chi connectivity index (χ3n) is 2.66. The number of ether oxygens (including phenoxy) is 3. The second kappa shape index (κ2) is 5.16. The molecule has 1 aliphatic heterocycles. The van der Waals surface area contributed by atoms with Crippen LogP contribution in [0.4, 0.5) is 0 Å². The molecule has 0 saturated carbocycles. The minimum Gasteiger partial charge on any atom is -0.465 e. The Kier molecular flexibility index (Phi) is 3.20. The summed E-state index contributed by atoms with van der Waals surface area (Å²) < 4.78 is 15.3. The molecule has 20 heavy (non-hydrogen) atoms. The Morgan fingerprint density at radius 1 is 1.40 bits per heavy atom. The van der Waals surface area contributed by atoms with E-state index in [1.54, 1.807) is 25.1 Å². The fraction of sp³-hybridized carbons (Fsp3) is 0.333. The highest BCUT2D eigenvalue weighted by Gasteiger charge is 2.16. The number of tetrazole rings is 1. The lowest BCUT2D eigenvalue weighted by Gasteiger charge is -1.99. The van der Waals surface area contributed by atoms with Gasteiger partial charge in [0.25, 0.3) is 0 Å². The number of carbonyl (C=O) groups excluding carboxylic acids is 1. The SMILES string of the molecule is CCOC(=O)Cn1nnc(-c2ccc3c(c2)OCO3)n1. The van der Waals surface area contributed by atoms with Crippen LogP contribution in [0.15, 0.2) is 18.2 Å². The van der Waals surface area contributed by atoms with Crippen molar-refractivity contribution >= 4 is 5.97 Å². The third-order valence-corrected chi connectivity index (χ3v) is 2.66. The molecule has 0 amide bonds. The average Bonchev–Trinajstić information content (AvgIpc) is 3.06. The third kappa shape index (κ3) is 2.40. The molecule has 0 saturated heterocycles. The van der Waals surface area contributed by atoms with Gasteiger partial charge in [-0.2, -0.15) is 4.80 Å². The standard InChI is InChI=1S/C12H12N4O4/c1-2-18-11(17)6-16-14-12(13-15-16)8-3-4-9-10(5-8)20-7-19-9/h3-5H,2,6-7H2,1H3. The number of benzene rings is 1. The summed E-state index contributed by atoms with van der Waals surface area (Å²) in [4.78, 5) is 12.5. The fourth-order valence-electron chi connectivity index (χ4n) is 1.78. The summed E-state index contributed by atoms with van der Waals surface area (Å²) in [6.07, 6.45) is 0. The number of nitrogens with zero attached hydrogens (tertiary/aromatic N) is 4. The maximum atomic E-state index is 11.3. The number of fused-ring (bicyclic) bond motifs is 1. The molecular formula is C12H12N4O4. The van der Waals surface area contributed by atoms with Gasteiger partial charge in [0.15, 0.2) is 18.0 Å². The van der Waals surface area contributed by atoms with Crippen LogP contribution in [0.3, 0.4) is 0 Å². The van der Waals surface area contributed by atoms with Gasteiger partial charge in [0.05, 0.1) is 6.61 Å². The number of esters is 1. The van der Waals surface area contributed by atoms with Gasteiger partial charge < -0.3 is 14.2 Å². The van der Waals surface area contributed by atoms with Crippen molar-refractivity contribution in [2.24, 2.45) is 0 Å². The molecule has 0 atom stereocenters. The topological polar surface area (TPSA) is 88.4 Å². The van der Waals surface area contributed by atoms with Gasteiger partial charge in [-0.05, 0) is 30.3 Å². The van der Waals surface area contributed by atoms with Crippen LogP contribution in [0.5, 0.6) is 11.5 Å². The van der Waals surface area contributed by atoms with Crippen LogP contribution >= 0.6 is 0 Å². The Morgan fingerprint density at radius 2 is 2.25 bits per heavy atom. The Balaban J connectivity index is 1.78. The number of hydrogen-bond donors (Lipinski definition) is 0. The number of carbonyl (C=O) groups is 1. The molecule has 0 bridgehead atoms. The van der Waals surface area contributed by atoms with Crippen LogP contribution in [-0.4, -0.2) is 39.6 Å². The lowest BCUT2D eigenvalue weighted by atomic mass is 10.2. The quantitative estimate of drug-likeness (QED) is 0.757. The van der Waals surface area contributed by atoms with Gasteiger partial charge in [-0.3, -0.25) is 0 Å². The summed E-state index contributed by atoms with van der Waals surface area (Å²) in [5.74, 6) is 1.34. The molecule has 8 heteroatoms. The van der Waals surface area contributed by atoms with Crippen molar-refractivity contribution in [1.82, 2.24) is 20.2 Å². The summed E-state index contributed by atoms with van der Waals surface area (Å²) in [6.45, 7) is 2.21. The van der Waals surface area contributed by atoms with Gasteiger partial charge in [-0.25, -0.2) is 4.79 Å². The van der Waals surface area contributed by atoms with Crippen molar-refractivity contribution < 1.29 is 19.0 Å². The maximum absolute atomic E-state index is 11.3. The summed E-state index contributed by atoms with van der Waals surface area (Å²) in [5.41, 5.74) is 0.740. The first kappa shape index (κ1) is 12.4. The highest BCUT2D eigenvalue weighted by atomic mass is 16.7. The van der Waals surface area contributed by atoms with E-state index in [1.807, 2.05) is 0 Å². The first-order chi connectivity index (χ1) is 9.76. The van der Waals surface area contributed by atoms with Crippen molar-refractivity contribution in [1.29, 1.82) is 0 Å². The largest absolute Gasteiger partial charge is 0.465 e. The Labute approximate surface area is 114 Å². The number of rotatable bonds is 4. The highest BCUT2D eigenvalue weighted by molar-refractivity contribution is 5.69. The molecule has 1 aromatic heterocycles. The minimum absolute atomic E-state index is 0.0641. The maximum Gasteiger partial charge on any atom is 0.329 e. The summed E-state index contributed by atoms with van der Waals surface area (Å²) in [7, 11) is 0. The predicted molar refractivity (Wildman–Crippen MR) is 66.0 cm³/mol. The number of aromatic nitrogens is 4. The molecule has 1 aromatic carbocycles. The molecule has 3 rings (SSSR count). The van der Waals surface area contributed by atoms with Crippen LogP contribution < -0.4 is 9.47 Å². The van der Waals surface area contributed by atoms with Crippen LogP contribution in [0.25, 0.3) is 11.4 Å². The zero-order valence-electron chi connectivity index (χ0n) is 10.8. The lowest BCUT2D eigenvalue weighted by molar-refractivity contribution is -0.144. The van der Waals surface area contributed by atoms with Gasteiger partial charge in [0, 0.05) is 5.56 Å². The Hall–Kier alpha value is -2.64. The molecule has 0 unspecified atom stereocenters. The van der Waals surface area contributed by atoms with Crippen LogP contribution in [0.2, 0.25) is 0 Å². The average molecular weight is 276 g/mol. The lowest BCUT2D eigenvalue weighted by Crippen LogP contribution is -2.15. The van der Waals surface area contributed by atoms with Crippen molar-refractivity contribution in [3.8, 4) is 22.9 Å². The number of hydrogen-bond acceptors (Lipinski definition) is 7. The van der Waals surface area contributed by atoms with Gasteiger partial charge in [0.2, 0.25) is 12.6 Å². The van der Waals surface area contributed by atoms with Gasteiger partial charge in [-0.1, -0.05) is 0 Å². The van der Waals surface area contributed by atoms with Gasteiger partial charge in [-0.15, -0.1) is 10.2 Å². The van der Waals surface area contributed by atoms with E-state index in [0.29, 0.717) is 23.9 Å². The summed E-state index contributed by atoms with van der Waals surface area (Å²) >= 11 is 0. The van der Waals surface area contributed by atoms with Crippen LogP contribution in [-0.2, 0) is 16.1 Å². The van der Waals surface area contributed by atoms with E-state index in [4.69, 9.17) is 14.2 Å². The Bertz CT molecular complexity index is 640. The predicted octanol–water partition coefficient (Wildman–Crippen LogP) is 0.632. The Morgan fingerprint density at radius 3 is 3.10 bits per heavy atom.